The van der Waals surface area contributed by atoms with Crippen LogP contribution >= 0.6 is 0 Å². The van der Waals surface area contributed by atoms with Crippen LogP contribution in [0, 0.1) is 6.92 Å². The van der Waals surface area contributed by atoms with E-state index in [1.54, 1.807) is 0 Å². The normalized spacial score (nSPS) is 11.5. The number of aryl methyl sites for hydroxylation is 2. The van der Waals surface area contributed by atoms with Crippen LogP contribution in [-0.2, 0) is 19.1 Å². The number of nitrogens with zero attached hydrogens (tertiary/aromatic N) is 2. The zero-order valence-electron chi connectivity index (χ0n) is 11.8. The molecule has 0 fully saturated rings. The molecule has 0 saturated heterocycles. The van der Waals surface area contributed by atoms with Crippen molar-refractivity contribution in [3.63, 3.8) is 0 Å². The fourth-order valence-corrected chi connectivity index (χ4v) is 1.91. The number of hydrogen-bond acceptors (Lipinski definition) is 3. The Bertz CT molecular complexity index is 607. The van der Waals surface area contributed by atoms with Gasteiger partial charge in [-0.3, -0.25) is 0 Å². The van der Waals surface area contributed by atoms with Crippen LogP contribution in [0.3, 0.4) is 0 Å². The van der Waals surface area contributed by atoms with E-state index >= 15 is 0 Å². The summed E-state index contributed by atoms with van der Waals surface area (Å²) in [6.45, 7) is 4.22. The molecule has 0 radical (unpaired) electrons. The van der Waals surface area contributed by atoms with Crippen molar-refractivity contribution in [2.24, 2.45) is 0 Å². The molecular weight excluding hydrogens is 279 g/mol. The summed E-state index contributed by atoms with van der Waals surface area (Å²) >= 11 is 0. The lowest BCUT2D eigenvalue weighted by Crippen LogP contribution is -2.07. The number of aromatic nitrogens is 2. The Morgan fingerprint density at radius 2 is 1.76 bits per heavy atom. The molecule has 0 aliphatic rings. The summed E-state index contributed by atoms with van der Waals surface area (Å²) in [7, 11) is 0. The highest BCUT2D eigenvalue weighted by Gasteiger charge is 2.29. The molecule has 0 unspecified atom stereocenters. The van der Waals surface area contributed by atoms with E-state index in [1.807, 2.05) is 19.9 Å². The predicted octanol–water partition coefficient (Wildman–Crippen LogP) is 3.98. The zero-order chi connectivity index (χ0) is 15.5. The van der Waals surface area contributed by atoms with Gasteiger partial charge in [0.05, 0.1) is 5.56 Å². The van der Waals surface area contributed by atoms with E-state index in [9.17, 15) is 13.2 Å². The van der Waals surface area contributed by atoms with Crippen LogP contribution in [0.1, 0.15) is 29.6 Å². The first-order valence-corrected chi connectivity index (χ1v) is 6.63. The summed E-state index contributed by atoms with van der Waals surface area (Å²) < 4.78 is 37.4. The number of alkyl halides is 3. The Kier molecular flexibility index (Phi) is 4.45. The van der Waals surface area contributed by atoms with Crippen LogP contribution in [0.15, 0.2) is 30.3 Å². The molecule has 6 heteroatoms. The Hall–Kier alpha value is -2.11. The van der Waals surface area contributed by atoms with E-state index in [4.69, 9.17) is 0 Å². The van der Waals surface area contributed by atoms with Crippen LogP contribution in [0.2, 0.25) is 0 Å². The average molecular weight is 295 g/mol. The summed E-state index contributed by atoms with van der Waals surface area (Å²) in [5, 5.41) is 3.10. The molecule has 2 aromatic rings. The molecule has 0 spiro atoms. The van der Waals surface area contributed by atoms with Crippen molar-refractivity contribution >= 4 is 5.82 Å². The smallest absolute Gasteiger partial charge is 0.366 e. The van der Waals surface area contributed by atoms with Gasteiger partial charge in [-0.1, -0.05) is 19.1 Å². The highest BCUT2D eigenvalue weighted by atomic mass is 19.4. The first-order valence-electron chi connectivity index (χ1n) is 6.63. The van der Waals surface area contributed by atoms with Gasteiger partial charge in [0.15, 0.2) is 0 Å². The third-order valence-corrected chi connectivity index (χ3v) is 3.01. The molecule has 1 aromatic heterocycles. The molecule has 0 saturated carbocycles. The lowest BCUT2D eigenvalue weighted by atomic mass is 10.1. The van der Waals surface area contributed by atoms with Crippen molar-refractivity contribution in [2.75, 3.05) is 5.32 Å². The Balaban J connectivity index is 2.05. The molecule has 1 heterocycles. The van der Waals surface area contributed by atoms with Gasteiger partial charge in [-0.15, -0.1) is 0 Å². The van der Waals surface area contributed by atoms with E-state index in [0.717, 1.165) is 29.8 Å². The molecule has 21 heavy (non-hydrogen) atoms. The van der Waals surface area contributed by atoms with Gasteiger partial charge in [0.1, 0.15) is 11.6 Å². The second-order valence-electron chi connectivity index (χ2n) is 4.69. The fraction of sp³-hybridized carbons (Fsp3) is 0.333. The molecular formula is C15H16F3N3. The van der Waals surface area contributed by atoms with Crippen molar-refractivity contribution in [1.29, 1.82) is 0 Å². The van der Waals surface area contributed by atoms with Gasteiger partial charge in [0.2, 0.25) is 0 Å². The van der Waals surface area contributed by atoms with Gasteiger partial charge in [0.25, 0.3) is 0 Å². The van der Waals surface area contributed by atoms with Gasteiger partial charge < -0.3 is 5.32 Å². The van der Waals surface area contributed by atoms with Crippen molar-refractivity contribution < 1.29 is 13.2 Å². The number of rotatable bonds is 4. The van der Waals surface area contributed by atoms with Crippen molar-refractivity contribution in [3.8, 4) is 0 Å². The van der Waals surface area contributed by atoms with Crippen molar-refractivity contribution in [1.82, 2.24) is 9.97 Å². The molecule has 0 amide bonds. The number of nitrogens with one attached hydrogen (secondary N) is 1. The quantitative estimate of drug-likeness (QED) is 0.927. The molecule has 0 aliphatic carbocycles. The maximum Gasteiger partial charge on any atom is 0.416 e. The van der Waals surface area contributed by atoms with Crippen molar-refractivity contribution in [2.45, 2.75) is 33.0 Å². The minimum atomic E-state index is -4.30. The second-order valence-corrected chi connectivity index (χ2v) is 4.69. The van der Waals surface area contributed by atoms with Gasteiger partial charge >= 0.3 is 6.18 Å². The lowest BCUT2D eigenvalue weighted by Gasteiger charge is -2.10. The van der Waals surface area contributed by atoms with Crippen LogP contribution in [0.4, 0.5) is 19.0 Å². The largest absolute Gasteiger partial charge is 0.416 e. The van der Waals surface area contributed by atoms with Gasteiger partial charge in [-0.25, -0.2) is 9.97 Å². The van der Waals surface area contributed by atoms with Gasteiger partial charge in [-0.2, -0.15) is 13.2 Å². The Labute approximate surface area is 121 Å². The maximum atomic E-state index is 12.5. The lowest BCUT2D eigenvalue weighted by molar-refractivity contribution is -0.137. The highest BCUT2D eigenvalue weighted by Crippen LogP contribution is 2.29. The second kappa shape index (κ2) is 6.11. The Morgan fingerprint density at radius 3 is 2.33 bits per heavy atom. The molecule has 112 valence electrons. The average Bonchev–Trinajstić information content (AvgIpc) is 2.44. The molecule has 1 N–H and O–H groups in total. The topological polar surface area (TPSA) is 37.8 Å². The van der Waals surface area contributed by atoms with E-state index in [-0.39, 0.29) is 0 Å². The summed E-state index contributed by atoms with van der Waals surface area (Å²) in [5.41, 5.74) is 1.05. The van der Waals surface area contributed by atoms with Crippen LogP contribution in [-0.4, -0.2) is 9.97 Å². The van der Waals surface area contributed by atoms with Gasteiger partial charge in [-0.05, 0) is 31.0 Å². The third-order valence-electron chi connectivity index (χ3n) is 3.01. The fourth-order valence-electron chi connectivity index (χ4n) is 1.91. The number of hydrogen-bond donors (Lipinski definition) is 1. The Morgan fingerprint density at radius 1 is 1.10 bits per heavy atom. The first-order chi connectivity index (χ1) is 9.88. The third kappa shape index (κ3) is 4.18. The van der Waals surface area contributed by atoms with Crippen LogP contribution in [0.5, 0.6) is 0 Å². The predicted molar refractivity (Wildman–Crippen MR) is 74.9 cm³/mol. The number of benzene rings is 1. The zero-order valence-corrected chi connectivity index (χ0v) is 11.8. The number of anilines is 1. The summed E-state index contributed by atoms with van der Waals surface area (Å²) in [4.78, 5) is 8.52. The van der Waals surface area contributed by atoms with Gasteiger partial charge in [0, 0.05) is 18.3 Å². The summed E-state index contributed by atoms with van der Waals surface area (Å²) in [6.07, 6.45) is -3.50. The monoisotopic (exact) mass is 295 g/mol. The first kappa shape index (κ1) is 15.3. The minimum Gasteiger partial charge on any atom is -0.366 e. The van der Waals surface area contributed by atoms with Crippen LogP contribution < -0.4 is 5.32 Å². The van der Waals surface area contributed by atoms with Crippen molar-refractivity contribution in [3.05, 3.63) is 53.0 Å². The summed E-state index contributed by atoms with van der Waals surface area (Å²) in [5.74, 6) is 1.35. The van der Waals surface area contributed by atoms with E-state index in [0.29, 0.717) is 18.2 Å². The molecule has 0 aliphatic heterocycles. The highest BCUT2D eigenvalue weighted by molar-refractivity contribution is 5.37. The molecule has 0 atom stereocenters. The molecule has 0 bridgehead atoms. The molecule has 1 aromatic carbocycles. The summed E-state index contributed by atoms with van der Waals surface area (Å²) in [6, 6.07) is 6.94. The standard InChI is InChI=1S/C15H16F3N3/c1-3-13-8-14(21-10(2)20-13)19-9-11-4-6-12(7-5-11)15(16,17)18/h4-8H,3,9H2,1-2H3,(H,19,20,21). The van der Waals surface area contributed by atoms with Crippen LogP contribution in [0.25, 0.3) is 0 Å². The number of halogens is 3. The molecule has 2 rings (SSSR count). The molecule has 3 nitrogen and oxygen atoms in total. The van der Waals surface area contributed by atoms with E-state index in [2.05, 4.69) is 15.3 Å². The van der Waals surface area contributed by atoms with E-state index < -0.39 is 11.7 Å². The SMILES string of the molecule is CCc1cc(NCc2ccc(C(F)(F)F)cc2)nc(C)n1. The minimum absolute atomic E-state index is 0.414. The maximum absolute atomic E-state index is 12.5. The van der Waals surface area contributed by atoms with E-state index in [1.165, 1.54) is 12.1 Å².